The van der Waals surface area contributed by atoms with Crippen molar-refractivity contribution in [1.82, 2.24) is 15.4 Å². The van der Waals surface area contributed by atoms with Crippen LogP contribution in [0, 0.1) is 12.8 Å². The fraction of sp³-hybridized carbons (Fsp3) is 0.353. The summed E-state index contributed by atoms with van der Waals surface area (Å²) in [5.41, 5.74) is 5.05. The first-order valence-electron chi connectivity index (χ1n) is 8.03. The second kappa shape index (κ2) is 6.49. The molecule has 1 aliphatic heterocycles. The molecule has 2 N–H and O–H groups in total. The third kappa shape index (κ3) is 3.42. The van der Waals surface area contributed by atoms with Crippen LogP contribution in [0.25, 0.3) is 0 Å². The van der Waals surface area contributed by atoms with Crippen LogP contribution in [0.3, 0.4) is 0 Å². The summed E-state index contributed by atoms with van der Waals surface area (Å²) in [7, 11) is 0. The maximum absolute atomic E-state index is 5.59. The number of aryl methyl sites for hydroxylation is 1. The van der Waals surface area contributed by atoms with Crippen LogP contribution in [0.2, 0.25) is 0 Å². The van der Waals surface area contributed by atoms with E-state index in [2.05, 4.69) is 41.7 Å². The number of rotatable bonds is 4. The molecule has 2 heterocycles. The molecule has 1 aliphatic carbocycles. The zero-order valence-corrected chi connectivity index (χ0v) is 14.9. The lowest BCUT2D eigenvalue weighted by atomic mass is 10.2. The van der Waals surface area contributed by atoms with Crippen LogP contribution >= 0.6 is 15.9 Å². The largest absolute Gasteiger partial charge is 0.324 e. The van der Waals surface area contributed by atoms with E-state index in [1.807, 2.05) is 31.2 Å². The number of hydroxylamine groups is 1. The quantitative estimate of drug-likeness (QED) is 0.828. The summed E-state index contributed by atoms with van der Waals surface area (Å²) < 4.78 is 0.752. The number of benzene rings is 1. The highest BCUT2D eigenvalue weighted by Gasteiger charge is 2.37. The highest BCUT2D eigenvalue weighted by atomic mass is 79.9. The molecule has 24 heavy (non-hydrogen) atoms. The Morgan fingerprint density at radius 3 is 2.96 bits per heavy atom. The Kier molecular flexibility index (Phi) is 4.20. The number of aromatic nitrogens is 2. The third-order valence-electron chi connectivity index (χ3n) is 4.23. The van der Waals surface area contributed by atoms with E-state index in [0.717, 1.165) is 28.0 Å². The van der Waals surface area contributed by atoms with Crippen LogP contribution in [-0.4, -0.2) is 21.9 Å². The van der Waals surface area contributed by atoms with Crippen molar-refractivity contribution < 1.29 is 4.84 Å². The van der Waals surface area contributed by atoms with Crippen molar-refractivity contribution in [2.45, 2.75) is 32.3 Å². The molecular weight excluding hydrogens is 370 g/mol. The van der Waals surface area contributed by atoms with Gasteiger partial charge in [0.15, 0.2) is 5.82 Å². The molecule has 0 bridgehead atoms. The van der Waals surface area contributed by atoms with Gasteiger partial charge in [0.05, 0.1) is 10.6 Å². The van der Waals surface area contributed by atoms with Crippen LogP contribution in [0.5, 0.6) is 0 Å². The summed E-state index contributed by atoms with van der Waals surface area (Å²) in [6, 6.07) is 8.02. The number of anilines is 2. The van der Waals surface area contributed by atoms with E-state index in [-0.39, 0.29) is 6.10 Å². The average molecular weight is 388 g/mol. The highest BCUT2D eigenvalue weighted by molar-refractivity contribution is 9.10. The van der Waals surface area contributed by atoms with Crippen molar-refractivity contribution in [3.05, 3.63) is 40.5 Å². The van der Waals surface area contributed by atoms with Crippen LogP contribution in [0.4, 0.5) is 17.5 Å². The van der Waals surface area contributed by atoms with Gasteiger partial charge < -0.3 is 5.32 Å². The smallest absolute Gasteiger partial charge is 0.229 e. The molecule has 2 aliphatic rings. The van der Waals surface area contributed by atoms with Gasteiger partial charge in [-0.2, -0.15) is 4.98 Å². The summed E-state index contributed by atoms with van der Waals surface area (Å²) in [6.07, 6.45) is 5.26. The molecule has 6 nitrogen and oxygen atoms in total. The van der Waals surface area contributed by atoms with Crippen LogP contribution < -0.4 is 10.8 Å². The summed E-state index contributed by atoms with van der Waals surface area (Å²) in [5, 5.41) is 3.24. The Bertz CT molecular complexity index is 790. The predicted octanol–water partition coefficient (Wildman–Crippen LogP) is 4.02. The van der Waals surface area contributed by atoms with E-state index < -0.39 is 0 Å². The Morgan fingerprint density at radius 1 is 1.33 bits per heavy atom. The topological polar surface area (TPSA) is 71.4 Å². The Morgan fingerprint density at radius 2 is 2.17 bits per heavy atom. The molecular formula is C17H18BrN5O. The number of nitrogens with one attached hydrogen (secondary N) is 2. The summed E-state index contributed by atoms with van der Waals surface area (Å²) in [5.74, 6) is 2.60. The van der Waals surface area contributed by atoms with Gasteiger partial charge in [-0.05, 0) is 53.2 Å². The molecule has 7 heteroatoms. The first-order chi connectivity index (χ1) is 11.7. The van der Waals surface area contributed by atoms with Crippen LogP contribution in [0.1, 0.15) is 24.8 Å². The number of halogens is 1. The zero-order valence-electron chi connectivity index (χ0n) is 13.3. The number of para-hydroxylation sites is 1. The maximum Gasteiger partial charge on any atom is 0.229 e. The van der Waals surface area contributed by atoms with E-state index in [9.17, 15) is 0 Å². The van der Waals surface area contributed by atoms with Gasteiger partial charge in [-0.3, -0.25) is 10.3 Å². The standard InChI is InChI=1S/C17H18BrN5O/c1-10-4-2-3-5-13(10)20-17-19-9-12(18)16(22-17)21-15-8-14(24-23-15)11-6-7-11/h2-5,9,11,14H,6-8H2,1H3,(H2,19,20,21,22,23). The number of aliphatic imine (C=N–C) groups is 1. The van der Waals surface area contributed by atoms with Crippen molar-refractivity contribution in [3.8, 4) is 0 Å². The van der Waals surface area contributed by atoms with Crippen LogP contribution in [0.15, 0.2) is 39.9 Å². The molecule has 0 amide bonds. The van der Waals surface area contributed by atoms with Crippen molar-refractivity contribution in [2.75, 3.05) is 5.32 Å². The number of hydrogen-bond acceptors (Lipinski definition) is 5. The van der Waals surface area contributed by atoms with E-state index in [0.29, 0.717) is 17.7 Å². The maximum atomic E-state index is 5.59. The number of amidine groups is 1. The molecule has 2 fully saturated rings. The van der Waals surface area contributed by atoms with Crippen molar-refractivity contribution >= 4 is 39.2 Å². The lowest BCUT2D eigenvalue weighted by Crippen LogP contribution is -2.13. The Labute approximate surface area is 148 Å². The highest BCUT2D eigenvalue weighted by Crippen LogP contribution is 2.37. The van der Waals surface area contributed by atoms with Gasteiger partial charge in [-0.25, -0.2) is 9.98 Å². The zero-order chi connectivity index (χ0) is 16.5. The minimum atomic E-state index is 0.244. The van der Waals surface area contributed by atoms with Gasteiger partial charge in [0.25, 0.3) is 0 Å². The number of hydrogen-bond donors (Lipinski definition) is 2. The molecule has 0 radical (unpaired) electrons. The van der Waals surface area contributed by atoms with E-state index in [1.54, 1.807) is 6.20 Å². The molecule has 1 saturated carbocycles. The fourth-order valence-corrected chi connectivity index (χ4v) is 2.95. The third-order valence-corrected chi connectivity index (χ3v) is 4.79. The van der Waals surface area contributed by atoms with Crippen molar-refractivity contribution in [3.63, 3.8) is 0 Å². The van der Waals surface area contributed by atoms with E-state index in [1.165, 1.54) is 12.8 Å². The van der Waals surface area contributed by atoms with E-state index >= 15 is 0 Å². The molecule has 0 spiro atoms. The minimum absolute atomic E-state index is 0.244. The molecule has 2 aromatic rings. The molecule has 1 aromatic heterocycles. The Hall–Kier alpha value is -1.99. The summed E-state index contributed by atoms with van der Waals surface area (Å²) in [4.78, 5) is 19.0. The average Bonchev–Trinajstić information content (AvgIpc) is 3.33. The Balaban J connectivity index is 1.54. The fourth-order valence-electron chi connectivity index (χ4n) is 2.68. The van der Waals surface area contributed by atoms with Gasteiger partial charge in [0.1, 0.15) is 5.84 Å². The van der Waals surface area contributed by atoms with E-state index in [4.69, 9.17) is 4.84 Å². The van der Waals surface area contributed by atoms with Gasteiger partial charge in [0.2, 0.25) is 5.95 Å². The first kappa shape index (κ1) is 15.5. The molecule has 4 rings (SSSR count). The number of nitrogens with zero attached hydrogens (tertiary/aromatic N) is 3. The second-order valence-electron chi connectivity index (χ2n) is 6.16. The van der Waals surface area contributed by atoms with Crippen molar-refractivity contribution in [2.24, 2.45) is 10.9 Å². The molecule has 1 atom stereocenters. The lowest BCUT2D eigenvalue weighted by molar-refractivity contribution is 0.0319. The predicted molar refractivity (Wildman–Crippen MR) is 96.6 cm³/mol. The normalized spacial score (nSPS) is 21.8. The SMILES string of the molecule is Cc1ccccc1Nc1ncc(Br)c(N=C2CC(C3CC3)ON2)n1. The lowest BCUT2D eigenvalue weighted by Gasteiger charge is -2.08. The molecule has 1 saturated heterocycles. The monoisotopic (exact) mass is 387 g/mol. The molecule has 124 valence electrons. The second-order valence-corrected chi connectivity index (χ2v) is 7.02. The molecule has 1 aromatic carbocycles. The first-order valence-corrected chi connectivity index (χ1v) is 8.83. The van der Waals surface area contributed by atoms with Gasteiger partial charge >= 0.3 is 0 Å². The summed E-state index contributed by atoms with van der Waals surface area (Å²) in [6.45, 7) is 2.04. The van der Waals surface area contributed by atoms with Crippen molar-refractivity contribution in [1.29, 1.82) is 0 Å². The van der Waals surface area contributed by atoms with Gasteiger partial charge in [-0.15, -0.1) is 0 Å². The summed E-state index contributed by atoms with van der Waals surface area (Å²) >= 11 is 3.47. The van der Waals surface area contributed by atoms with Gasteiger partial charge in [0, 0.05) is 18.3 Å². The van der Waals surface area contributed by atoms with Gasteiger partial charge in [-0.1, -0.05) is 18.2 Å². The van der Waals surface area contributed by atoms with Crippen LogP contribution in [-0.2, 0) is 4.84 Å². The molecule has 1 unspecified atom stereocenters. The minimum Gasteiger partial charge on any atom is -0.324 e.